The Hall–Kier alpha value is -0.910. The highest BCUT2D eigenvalue weighted by Gasteiger charge is 2.09. The number of amides is 1. The van der Waals surface area contributed by atoms with Gasteiger partial charge in [-0.25, -0.2) is 4.98 Å². The lowest BCUT2D eigenvalue weighted by atomic mass is 10.2. The molecule has 0 aromatic carbocycles. The Bertz CT molecular complexity index is 559. The van der Waals surface area contributed by atoms with Crippen LogP contribution in [-0.4, -0.2) is 17.4 Å². The maximum atomic E-state index is 11.9. The van der Waals surface area contributed by atoms with E-state index in [2.05, 4.69) is 26.2 Å². The number of hydrogen-bond acceptors (Lipinski definition) is 3. The van der Waals surface area contributed by atoms with Gasteiger partial charge in [-0.3, -0.25) is 4.79 Å². The van der Waals surface area contributed by atoms with Crippen LogP contribution in [0.25, 0.3) is 0 Å². The van der Waals surface area contributed by atoms with E-state index in [9.17, 15) is 4.79 Å². The first-order valence-electron chi connectivity index (χ1n) is 5.30. The third kappa shape index (κ3) is 3.54. The molecule has 0 unspecified atom stereocenters. The van der Waals surface area contributed by atoms with Crippen molar-refractivity contribution in [2.75, 3.05) is 6.54 Å². The zero-order chi connectivity index (χ0) is 13.0. The molecule has 0 atom stereocenters. The Labute approximate surface area is 122 Å². The van der Waals surface area contributed by atoms with E-state index in [1.54, 1.807) is 18.3 Å². The van der Waals surface area contributed by atoms with Crippen LogP contribution in [0.2, 0.25) is 4.34 Å². The summed E-state index contributed by atoms with van der Waals surface area (Å²) in [5.74, 6) is -0.127. The van der Waals surface area contributed by atoms with Gasteiger partial charge in [0.15, 0.2) is 0 Å². The molecule has 94 valence electrons. The monoisotopic (exact) mass is 344 g/mol. The first-order chi connectivity index (χ1) is 8.66. The summed E-state index contributed by atoms with van der Waals surface area (Å²) in [6.45, 7) is 0.580. The lowest BCUT2D eigenvalue weighted by molar-refractivity contribution is 0.0953. The molecule has 0 saturated carbocycles. The fraction of sp³-hybridized carbons (Fsp3) is 0.167. The van der Waals surface area contributed by atoms with E-state index in [4.69, 9.17) is 11.6 Å². The predicted molar refractivity (Wildman–Crippen MR) is 77.3 cm³/mol. The minimum atomic E-state index is -0.127. The Morgan fingerprint density at radius 3 is 2.94 bits per heavy atom. The summed E-state index contributed by atoms with van der Waals surface area (Å²) in [5.41, 5.74) is 0.543. The van der Waals surface area contributed by atoms with Crippen LogP contribution >= 0.6 is 38.9 Å². The van der Waals surface area contributed by atoms with Crippen molar-refractivity contribution in [2.45, 2.75) is 6.42 Å². The van der Waals surface area contributed by atoms with Gasteiger partial charge in [0.2, 0.25) is 0 Å². The third-order valence-corrected chi connectivity index (χ3v) is 4.21. The highest BCUT2D eigenvalue weighted by molar-refractivity contribution is 9.10. The maximum absolute atomic E-state index is 11.9. The van der Waals surface area contributed by atoms with Gasteiger partial charge in [0.05, 0.1) is 9.90 Å². The molecule has 0 bridgehead atoms. The molecule has 2 aromatic heterocycles. The largest absolute Gasteiger partial charge is 0.352 e. The van der Waals surface area contributed by atoms with Crippen LogP contribution in [0.3, 0.4) is 0 Å². The Morgan fingerprint density at radius 1 is 1.44 bits per heavy atom. The van der Waals surface area contributed by atoms with E-state index in [1.165, 1.54) is 11.3 Å². The smallest absolute Gasteiger partial charge is 0.254 e. The van der Waals surface area contributed by atoms with Crippen LogP contribution < -0.4 is 5.32 Å². The van der Waals surface area contributed by atoms with Crippen LogP contribution in [0, 0.1) is 0 Å². The van der Waals surface area contributed by atoms with Crippen LogP contribution in [0.5, 0.6) is 0 Å². The molecule has 0 aliphatic carbocycles. The van der Waals surface area contributed by atoms with Gasteiger partial charge in [-0.15, -0.1) is 11.3 Å². The van der Waals surface area contributed by atoms with Crippen molar-refractivity contribution in [1.82, 2.24) is 10.3 Å². The lowest BCUT2D eigenvalue weighted by Gasteiger charge is -2.05. The number of thiophene rings is 1. The molecule has 2 aromatic rings. The van der Waals surface area contributed by atoms with E-state index >= 15 is 0 Å². The zero-order valence-corrected chi connectivity index (χ0v) is 12.5. The number of halogens is 2. The molecular formula is C12H10BrClN2OS. The summed E-state index contributed by atoms with van der Waals surface area (Å²) in [6, 6.07) is 7.30. The first-order valence-corrected chi connectivity index (χ1v) is 7.28. The number of nitrogens with one attached hydrogen (secondary N) is 1. The second-order valence-electron chi connectivity index (χ2n) is 3.55. The van der Waals surface area contributed by atoms with E-state index in [0.29, 0.717) is 16.7 Å². The molecule has 0 spiro atoms. The van der Waals surface area contributed by atoms with Crippen molar-refractivity contribution >= 4 is 44.8 Å². The molecule has 0 aliphatic rings. The highest BCUT2D eigenvalue weighted by Crippen LogP contribution is 2.21. The van der Waals surface area contributed by atoms with Crippen LogP contribution in [0.1, 0.15) is 15.2 Å². The fourth-order valence-corrected chi connectivity index (χ4v) is 2.95. The number of pyridine rings is 1. The summed E-state index contributed by atoms with van der Waals surface area (Å²) in [5, 5.41) is 2.85. The van der Waals surface area contributed by atoms with Crippen LogP contribution in [0.15, 0.2) is 35.1 Å². The van der Waals surface area contributed by atoms with Crippen molar-refractivity contribution in [3.05, 3.63) is 49.8 Å². The Kier molecular flexibility index (Phi) is 4.74. The van der Waals surface area contributed by atoms with Gasteiger partial charge >= 0.3 is 0 Å². The van der Waals surface area contributed by atoms with Crippen LogP contribution in [-0.2, 0) is 6.42 Å². The molecule has 3 nitrogen and oxygen atoms in total. The van der Waals surface area contributed by atoms with E-state index in [0.717, 1.165) is 15.6 Å². The van der Waals surface area contributed by atoms with Gasteiger partial charge in [-0.05, 0) is 46.6 Å². The number of carbonyl (C=O) groups is 1. The second-order valence-corrected chi connectivity index (χ2v) is 6.10. The number of rotatable bonds is 4. The third-order valence-electron chi connectivity index (χ3n) is 2.29. The highest BCUT2D eigenvalue weighted by atomic mass is 79.9. The van der Waals surface area contributed by atoms with Gasteiger partial charge in [-0.1, -0.05) is 11.6 Å². The van der Waals surface area contributed by atoms with Gasteiger partial charge in [0.25, 0.3) is 5.91 Å². The summed E-state index contributed by atoms with van der Waals surface area (Å²) < 4.78 is 1.33. The fourth-order valence-electron chi connectivity index (χ4n) is 1.44. The van der Waals surface area contributed by atoms with Crippen LogP contribution in [0.4, 0.5) is 0 Å². The van der Waals surface area contributed by atoms with Crippen molar-refractivity contribution in [3.8, 4) is 0 Å². The molecule has 6 heteroatoms. The van der Waals surface area contributed by atoms with Crippen molar-refractivity contribution in [2.24, 2.45) is 0 Å². The molecule has 1 amide bonds. The van der Waals surface area contributed by atoms with Gasteiger partial charge in [0.1, 0.15) is 4.60 Å². The Morgan fingerprint density at radius 2 is 2.28 bits per heavy atom. The Balaban J connectivity index is 1.87. The summed E-state index contributed by atoms with van der Waals surface area (Å²) in [4.78, 5) is 17.0. The van der Waals surface area contributed by atoms with Gasteiger partial charge in [0, 0.05) is 17.6 Å². The topological polar surface area (TPSA) is 42.0 Å². The predicted octanol–water partition coefficient (Wildman–Crippen LogP) is 3.53. The summed E-state index contributed by atoms with van der Waals surface area (Å²) in [7, 11) is 0. The van der Waals surface area contributed by atoms with E-state index < -0.39 is 0 Å². The quantitative estimate of drug-likeness (QED) is 0.861. The number of nitrogens with zero attached hydrogens (tertiary/aromatic N) is 1. The van der Waals surface area contributed by atoms with Crippen molar-refractivity contribution in [1.29, 1.82) is 0 Å². The number of aromatic nitrogens is 1. The second kappa shape index (κ2) is 6.31. The normalized spacial score (nSPS) is 10.3. The zero-order valence-electron chi connectivity index (χ0n) is 9.32. The first kappa shape index (κ1) is 13.5. The van der Waals surface area contributed by atoms with Crippen molar-refractivity contribution in [3.63, 3.8) is 0 Å². The minimum Gasteiger partial charge on any atom is -0.352 e. The summed E-state index contributed by atoms with van der Waals surface area (Å²) in [6.07, 6.45) is 2.41. The standard InChI is InChI=1S/C12H10BrClN2OS/c13-11-9(2-1-6-15-11)12(17)16-7-5-8-3-4-10(14)18-8/h1-4,6H,5,7H2,(H,16,17). The SMILES string of the molecule is O=C(NCCc1ccc(Cl)s1)c1cccnc1Br. The molecule has 0 radical (unpaired) electrons. The average molecular weight is 346 g/mol. The average Bonchev–Trinajstić information content (AvgIpc) is 2.75. The molecule has 2 heterocycles. The molecule has 2 rings (SSSR count). The molecule has 1 N–H and O–H groups in total. The summed E-state index contributed by atoms with van der Waals surface area (Å²) >= 11 is 10.6. The van der Waals surface area contributed by atoms with E-state index in [1.807, 2.05) is 12.1 Å². The maximum Gasteiger partial charge on any atom is 0.254 e. The molecular weight excluding hydrogens is 336 g/mol. The minimum absolute atomic E-state index is 0.127. The molecule has 0 aliphatic heterocycles. The molecule has 18 heavy (non-hydrogen) atoms. The van der Waals surface area contributed by atoms with Gasteiger partial charge in [-0.2, -0.15) is 0 Å². The lowest BCUT2D eigenvalue weighted by Crippen LogP contribution is -2.26. The number of hydrogen-bond donors (Lipinski definition) is 1. The number of carbonyl (C=O) groups excluding carboxylic acids is 1. The molecule has 0 saturated heterocycles. The van der Waals surface area contributed by atoms with Crippen molar-refractivity contribution < 1.29 is 4.79 Å². The molecule has 0 fully saturated rings. The van der Waals surface area contributed by atoms with Gasteiger partial charge < -0.3 is 5.32 Å². The van der Waals surface area contributed by atoms with E-state index in [-0.39, 0.29) is 5.91 Å².